The van der Waals surface area contributed by atoms with E-state index in [2.05, 4.69) is 30.3 Å². The molecule has 5 aromatic rings. The van der Waals surface area contributed by atoms with Crippen molar-refractivity contribution in [2.45, 2.75) is 0 Å². The van der Waals surface area contributed by atoms with Gasteiger partial charge >= 0.3 is 0 Å². The van der Waals surface area contributed by atoms with Gasteiger partial charge in [0.15, 0.2) is 0 Å². The van der Waals surface area contributed by atoms with Crippen LogP contribution in [0.3, 0.4) is 0 Å². The summed E-state index contributed by atoms with van der Waals surface area (Å²) in [7, 11) is -2.99. The number of nitrogens with two attached hydrogens (primary N) is 1. The Hall–Kier alpha value is -3.46. The summed E-state index contributed by atoms with van der Waals surface area (Å²) in [4.78, 5) is 4.81. The molecule has 0 saturated heterocycles. The van der Waals surface area contributed by atoms with Gasteiger partial charge in [-0.1, -0.05) is 66.7 Å². The molecular formula is C24H19ClN2O5. The van der Waals surface area contributed by atoms with E-state index in [-0.39, 0.29) is 0 Å². The van der Waals surface area contributed by atoms with Gasteiger partial charge in [0, 0.05) is 21.7 Å². The largest absolute Gasteiger partial charge is 0.496 e. The fourth-order valence-corrected chi connectivity index (χ4v) is 3.90. The van der Waals surface area contributed by atoms with Gasteiger partial charge in [0.25, 0.3) is 0 Å². The summed E-state index contributed by atoms with van der Waals surface area (Å²) < 4.78 is 38.4. The van der Waals surface area contributed by atoms with E-state index < -0.39 is 10.2 Å². The monoisotopic (exact) mass is 450 g/mol. The van der Waals surface area contributed by atoms with Crippen LogP contribution in [0.1, 0.15) is 0 Å². The molecule has 3 N–H and O–H groups in total. The second-order valence-electron chi connectivity index (χ2n) is 7.01. The molecule has 0 fully saturated rings. The predicted molar refractivity (Wildman–Crippen MR) is 115 cm³/mol. The second kappa shape index (κ2) is 8.58. The highest BCUT2D eigenvalue weighted by Gasteiger charge is 2.16. The molecule has 4 aromatic carbocycles. The summed E-state index contributed by atoms with van der Waals surface area (Å²) in [5.41, 5.74) is 9.39. The minimum atomic E-state index is -4.69. The topological polar surface area (TPSA) is 138 Å². The van der Waals surface area contributed by atoms with Crippen molar-refractivity contribution in [1.29, 1.82) is 0 Å². The third kappa shape index (κ3) is 4.29. The molecule has 32 heavy (non-hydrogen) atoms. The number of hydrogen-bond acceptors (Lipinski definition) is 7. The van der Waals surface area contributed by atoms with Crippen LogP contribution in [0, 0.1) is 10.2 Å². The first-order valence-corrected chi connectivity index (χ1v) is 10.8. The Morgan fingerprint density at radius 2 is 1.38 bits per heavy atom. The quantitative estimate of drug-likeness (QED) is 0.390. The van der Waals surface area contributed by atoms with Gasteiger partial charge in [0.1, 0.15) is 11.6 Å². The van der Waals surface area contributed by atoms with E-state index in [1.54, 1.807) is 7.11 Å². The molecule has 0 radical (unpaired) electrons. The van der Waals surface area contributed by atoms with Crippen LogP contribution in [0.4, 0.5) is 5.82 Å². The van der Waals surface area contributed by atoms with Gasteiger partial charge in [-0.2, -0.15) is 14.0 Å². The first-order valence-electron chi connectivity index (χ1n) is 9.54. The van der Waals surface area contributed by atoms with Crippen LogP contribution in [0.2, 0.25) is 0 Å². The fourth-order valence-electron chi connectivity index (χ4n) is 3.90. The maximum Gasteiger partial charge on any atom is 0.132 e. The number of fused-ring (bicyclic) bond motifs is 5. The van der Waals surface area contributed by atoms with Crippen LogP contribution < -0.4 is 24.4 Å². The van der Waals surface area contributed by atoms with Crippen LogP contribution >= 0.6 is 0 Å². The molecule has 8 heteroatoms. The number of pyridine rings is 1. The first-order chi connectivity index (χ1) is 15.3. The number of rotatable bonds is 2. The molecule has 0 aliphatic heterocycles. The predicted octanol–water partition coefficient (Wildman–Crippen LogP) is 1.68. The average Bonchev–Trinajstić information content (AvgIpc) is 2.77. The van der Waals surface area contributed by atoms with E-state index in [4.69, 9.17) is 34.1 Å². The Morgan fingerprint density at radius 1 is 0.812 bits per heavy atom. The SMILES string of the molecule is COc1ccccc1-c1cc2ccccc2c2nc(N)c3ccccc3c12.[O-][Cl+3]([O-])([O-])O. The zero-order chi connectivity index (χ0) is 22.9. The lowest BCUT2D eigenvalue weighted by Crippen LogP contribution is -2.58. The fraction of sp³-hybridized carbons (Fsp3) is 0.0417. The van der Waals surface area contributed by atoms with Gasteiger partial charge < -0.3 is 10.5 Å². The van der Waals surface area contributed by atoms with Crippen molar-refractivity contribution in [3.8, 4) is 16.9 Å². The molecular weight excluding hydrogens is 432 g/mol. The summed E-state index contributed by atoms with van der Waals surface area (Å²) >= 11 is 0. The molecule has 0 atom stereocenters. The summed E-state index contributed by atoms with van der Waals surface area (Å²) in [5, 5.41) is 5.41. The summed E-state index contributed by atoms with van der Waals surface area (Å²) in [6.45, 7) is 0. The van der Waals surface area contributed by atoms with Crippen molar-refractivity contribution in [2.75, 3.05) is 12.8 Å². The number of ether oxygens (including phenoxy) is 1. The van der Waals surface area contributed by atoms with Crippen molar-refractivity contribution in [1.82, 2.24) is 4.98 Å². The van der Waals surface area contributed by atoms with Gasteiger partial charge in [0.2, 0.25) is 0 Å². The van der Waals surface area contributed by atoms with Crippen molar-refractivity contribution >= 4 is 38.3 Å². The smallest absolute Gasteiger partial charge is 0.132 e. The Kier molecular flexibility index (Phi) is 5.84. The minimum Gasteiger partial charge on any atom is -0.496 e. The zero-order valence-electron chi connectivity index (χ0n) is 17.0. The molecule has 0 bridgehead atoms. The molecule has 0 aliphatic rings. The summed E-state index contributed by atoms with van der Waals surface area (Å²) in [5.74, 6) is 1.40. The molecule has 1 heterocycles. The number of aromatic nitrogens is 1. The lowest BCUT2D eigenvalue weighted by molar-refractivity contribution is -1.92. The maximum atomic E-state index is 8.60. The number of nitrogens with zero attached hydrogens (tertiary/aromatic N) is 1. The third-order valence-electron chi connectivity index (χ3n) is 5.12. The number of benzene rings is 4. The minimum absolute atomic E-state index is 0.556. The number of anilines is 1. The Labute approximate surface area is 185 Å². The molecule has 0 amide bonds. The molecule has 0 unspecified atom stereocenters. The molecule has 0 saturated carbocycles. The highest BCUT2D eigenvalue weighted by Crippen LogP contribution is 2.42. The molecule has 1 aromatic heterocycles. The number of halogens is 1. The van der Waals surface area contributed by atoms with Crippen molar-refractivity contribution < 1.29 is 33.6 Å². The zero-order valence-corrected chi connectivity index (χ0v) is 17.7. The van der Waals surface area contributed by atoms with Crippen LogP contribution in [0.15, 0.2) is 78.9 Å². The third-order valence-corrected chi connectivity index (χ3v) is 5.12. The van der Waals surface area contributed by atoms with Gasteiger partial charge in [-0.05, 0) is 28.5 Å². The average molecular weight is 451 g/mol. The molecule has 0 spiro atoms. The standard InChI is InChI=1S/C24H18N2O.ClHO4/c1-27-21-13-7-6-10-17(21)20-14-15-8-2-3-9-16(15)23-22(20)18-11-4-5-12-19(18)24(25)26-23;2-1(3,4)5/h2-14H,1H3,(H2,25,26);(H,2,3,4,5). The Bertz CT molecular complexity index is 1430. The van der Waals surface area contributed by atoms with Crippen LogP contribution in [0.25, 0.3) is 43.6 Å². The van der Waals surface area contributed by atoms with Crippen molar-refractivity contribution in [2.24, 2.45) is 0 Å². The summed E-state index contributed by atoms with van der Waals surface area (Å²) in [6, 6.07) is 26.8. The molecule has 5 rings (SSSR count). The highest BCUT2D eigenvalue weighted by atomic mass is 35.7. The molecule has 162 valence electrons. The number of methoxy groups -OCH3 is 1. The van der Waals surface area contributed by atoms with Crippen LogP contribution in [-0.2, 0) is 0 Å². The second-order valence-corrected chi connectivity index (χ2v) is 7.80. The van der Waals surface area contributed by atoms with E-state index in [9.17, 15) is 0 Å². The number of nitrogen functional groups attached to an aromatic ring is 1. The van der Waals surface area contributed by atoms with Gasteiger partial charge in [-0.15, -0.1) is 0 Å². The Morgan fingerprint density at radius 3 is 2.06 bits per heavy atom. The summed E-state index contributed by atoms with van der Waals surface area (Å²) in [6.07, 6.45) is 0. The number of hydrogen-bond donors (Lipinski definition) is 2. The lowest BCUT2D eigenvalue weighted by atomic mass is 9.92. The molecule has 7 nitrogen and oxygen atoms in total. The lowest BCUT2D eigenvalue weighted by Gasteiger charge is -2.16. The van der Waals surface area contributed by atoms with E-state index >= 15 is 0 Å². The van der Waals surface area contributed by atoms with E-state index in [1.807, 2.05) is 48.5 Å². The number of para-hydroxylation sites is 1. The van der Waals surface area contributed by atoms with Crippen molar-refractivity contribution in [3.05, 3.63) is 78.9 Å². The van der Waals surface area contributed by atoms with Crippen molar-refractivity contribution in [3.63, 3.8) is 0 Å². The maximum absolute atomic E-state index is 8.60. The van der Waals surface area contributed by atoms with Gasteiger partial charge in [0.05, 0.1) is 27.5 Å². The normalized spacial score (nSPS) is 11.4. The Balaban J connectivity index is 0.000000444. The highest BCUT2D eigenvalue weighted by molar-refractivity contribution is 6.23. The van der Waals surface area contributed by atoms with Crippen LogP contribution in [0.5, 0.6) is 5.75 Å². The molecule has 0 aliphatic carbocycles. The van der Waals surface area contributed by atoms with E-state index in [0.29, 0.717) is 5.82 Å². The van der Waals surface area contributed by atoms with E-state index in [1.165, 1.54) is 0 Å². The van der Waals surface area contributed by atoms with E-state index in [0.717, 1.165) is 49.3 Å². The first kappa shape index (κ1) is 21.8. The van der Waals surface area contributed by atoms with Crippen LogP contribution in [-0.4, -0.2) is 16.8 Å². The van der Waals surface area contributed by atoms with Gasteiger partial charge in [-0.25, -0.2) is 4.98 Å². The van der Waals surface area contributed by atoms with Gasteiger partial charge in [-0.3, -0.25) is 0 Å².